The van der Waals surface area contributed by atoms with Crippen molar-refractivity contribution in [2.75, 3.05) is 6.61 Å². The van der Waals surface area contributed by atoms with E-state index in [1.165, 1.54) is 6.20 Å². The summed E-state index contributed by atoms with van der Waals surface area (Å²) in [5.41, 5.74) is 2.68. The van der Waals surface area contributed by atoms with Crippen molar-refractivity contribution < 1.29 is 19.4 Å². The van der Waals surface area contributed by atoms with Crippen LogP contribution >= 0.6 is 0 Å². The first-order valence-electron chi connectivity index (χ1n) is 8.06. The average molecular weight is 342 g/mol. The van der Waals surface area contributed by atoms with Gasteiger partial charge in [0.1, 0.15) is 6.10 Å². The van der Waals surface area contributed by atoms with Crippen molar-refractivity contribution in [2.45, 2.75) is 32.9 Å². The lowest BCUT2D eigenvalue weighted by atomic mass is 10.0. The number of carbonyl (C=O) groups is 2. The Morgan fingerprint density at radius 1 is 1.28 bits per heavy atom. The fourth-order valence-electron chi connectivity index (χ4n) is 2.53. The Bertz CT molecular complexity index is 746. The predicted molar refractivity (Wildman–Crippen MR) is 93.0 cm³/mol. The summed E-state index contributed by atoms with van der Waals surface area (Å²) < 4.78 is 5.00. The monoisotopic (exact) mass is 342 g/mol. The summed E-state index contributed by atoms with van der Waals surface area (Å²) in [7, 11) is 0. The minimum absolute atomic E-state index is 0.147. The van der Waals surface area contributed by atoms with Crippen molar-refractivity contribution in [3.05, 3.63) is 65.0 Å². The standard InChI is InChI=1S/C19H22N2O4/c1-4-25-19(24)16(17(22)14-6-5-9-20-11-14)21-18(23)15-8-7-12(2)10-13(15)3/h5-11,16-17,22H,4H2,1-3H3,(H,21,23)/t16-,17-/m1/s1. The molecule has 1 aromatic carbocycles. The molecule has 132 valence electrons. The second-order valence-corrected chi connectivity index (χ2v) is 5.75. The summed E-state index contributed by atoms with van der Waals surface area (Å²) in [6.07, 6.45) is 1.74. The van der Waals surface area contributed by atoms with Crippen LogP contribution in [0.5, 0.6) is 0 Å². The van der Waals surface area contributed by atoms with Crippen molar-refractivity contribution in [3.8, 4) is 0 Å². The van der Waals surface area contributed by atoms with E-state index in [2.05, 4.69) is 10.3 Å². The third-order valence-corrected chi connectivity index (χ3v) is 3.80. The molecule has 0 aliphatic rings. The number of aliphatic hydroxyl groups excluding tert-OH is 1. The second kappa shape index (κ2) is 8.39. The number of benzene rings is 1. The zero-order valence-electron chi connectivity index (χ0n) is 14.5. The van der Waals surface area contributed by atoms with Gasteiger partial charge in [-0.3, -0.25) is 9.78 Å². The van der Waals surface area contributed by atoms with Gasteiger partial charge in [-0.15, -0.1) is 0 Å². The molecule has 0 aliphatic heterocycles. The van der Waals surface area contributed by atoms with Gasteiger partial charge in [-0.2, -0.15) is 0 Å². The van der Waals surface area contributed by atoms with Gasteiger partial charge in [-0.25, -0.2) is 4.79 Å². The number of pyridine rings is 1. The van der Waals surface area contributed by atoms with Crippen LogP contribution in [0.15, 0.2) is 42.7 Å². The Kier molecular flexibility index (Phi) is 6.25. The minimum atomic E-state index is -1.26. The number of nitrogens with one attached hydrogen (secondary N) is 1. The van der Waals surface area contributed by atoms with E-state index < -0.39 is 24.0 Å². The first kappa shape index (κ1) is 18.6. The highest BCUT2D eigenvalue weighted by Crippen LogP contribution is 2.18. The van der Waals surface area contributed by atoms with Crippen molar-refractivity contribution in [2.24, 2.45) is 0 Å². The fraction of sp³-hybridized carbons (Fsp3) is 0.316. The molecule has 0 saturated heterocycles. The van der Waals surface area contributed by atoms with Gasteiger partial charge >= 0.3 is 5.97 Å². The maximum Gasteiger partial charge on any atom is 0.331 e. The molecule has 0 saturated carbocycles. The van der Waals surface area contributed by atoms with Crippen LogP contribution in [-0.2, 0) is 9.53 Å². The van der Waals surface area contributed by atoms with Crippen molar-refractivity contribution in [3.63, 3.8) is 0 Å². The molecule has 2 atom stereocenters. The van der Waals surface area contributed by atoms with E-state index in [1.807, 2.05) is 26.0 Å². The highest BCUT2D eigenvalue weighted by molar-refractivity contribution is 5.98. The van der Waals surface area contributed by atoms with Gasteiger partial charge in [0.05, 0.1) is 6.61 Å². The van der Waals surface area contributed by atoms with Gasteiger partial charge in [0.2, 0.25) is 0 Å². The average Bonchev–Trinajstić information content (AvgIpc) is 2.59. The molecule has 1 amide bonds. The zero-order valence-corrected chi connectivity index (χ0v) is 14.5. The summed E-state index contributed by atoms with van der Waals surface area (Å²) in [6.45, 7) is 5.56. The largest absolute Gasteiger partial charge is 0.464 e. The molecule has 0 fully saturated rings. The van der Waals surface area contributed by atoms with Crippen LogP contribution in [0.2, 0.25) is 0 Å². The maximum atomic E-state index is 12.6. The number of aliphatic hydroxyl groups is 1. The third-order valence-electron chi connectivity index (χ3n) is 3.80. The van der Waals surface area contributed by atoms with Crippen LogP contribution < -0.4 is 5.32 Å². The van der Waals surface area contributed by atoms with Crippen LogP contribution in [-0.4, -0.2) is 34.6 Å². The molecule has 2 rings (SSSR count). The molecule has 1 aromatic heterocycles. The molecular weight excluding hydrogens is 320 g/mol. The molecule has 0 bridgehead atoms. The Morgan fingerprint density at radius 2 is 2.04 bits per heavy atom. The first-order chi connectivity index (χ1) is 11.9. The summed E-state index contributed by atoms with van der Waals surface area (Å²) >= 11 is 0. The van der Waals surface area contributed by atoms with Gasteiger partial charge in [0.15, 0.2) is 6.04 Å². The van der Waals surface area contributed by atoms with Crippen molar-refractivity contribution >= 4 is 11.9 Å². The Morgan fingerprint density at radius 3 is 2.64 bits per heavy atom. The van der Waals surface area contributed by atoms with Gasteiger partial charge < -0.3 is 15.2 Å². The van der Waals surface area contributed by atoms with Crippen molar-refractivity contribution in [1.29, 1.82) is 0 Å². The molecule has 6 nitrogen and oxygen atoms in total. The SMILES string of the molecule is CCOC(=O)[C@H](NC(=O)c1ccc(C)cc1C)[C@H](O)c1cccnc1. The molecule has 2 aromatic rings. The molecule has 6 heteroatoms. The summed E-state index contributed by atoms with van der Waals surface area (Å²) in [6, 6.07) is 7.45. The summed E-state index contributed by atoms with van der Waals surface area (Å²) in [5.74, 6) is -1.14. The number of carbonyl (C=O) groups excluding carboxylic acids is 2. The number of aryl methyl sites for hydroxylation is 2. The molecular formula is C19H22N2O4. The quantitative estimate of drug-likeness (QED) is 0.785. The molecule has 0 aliphatic carbocycles. The molecule has 25 heavy (non-hydrogen) atoms. The predicted octanol–water partition coefficient (Wildman–Crippen LogP) is 2.09. The summed E-state index contributed by atoms with van der Waals surface area (Å²) in [5, 5.41) is 13.1. The van der Waals surface area contributed by atoms with E-state index in [-0.39, 0.29) is 6.61 Å². The molecule has 2 N–H and O–H groups in total. The number of rotatable bonds is 6. The highest BCUT2D eigenvalue weighted by Gasteiger charge is 2.31. The second-order valence-electron chi connectivity index (χ2n) is 5.75. The number of amides is 1. The Hall–Kier alpha value is -2.73. The van der Waals surface area contributed by atoms with Crippen LogP contribution in [0.25, 0.3) is 0 Å². The van der Waals surface area contributed by atoms with Gasteiger partial charge in [0.25, 0.3) is 5.91 Å². The van der Waals surface area contributed by atoms with E-state index in [1.54, 1.807) is 31.3 Å². The number of nitrogens with zero attached hydrogens (tertiary/aromatic N) is 1. The van der Waals surface area contributed by atoms with E-state index in [9.17, 15) is 14.7 Å². The smallest absolute Gasteiger partial charge is 0.331 e. The number of aromatic nitrogens is 1. The number of hydrogen-bond donors (Lipinski definition) is 2. The molecule has 0 radical (unpaired) electrons. The first-order valence-corrected chi connectivity index (χ1v) is 8.06. The van der Waals surface area contributed by atoms with Crippen LogP contribution in [0.3, 0.4) is 0 Å². The van der Waals surface area contributed by atoms with E-state index in [0.29, 0.717) is 11.1 Å². The number of ether oxygens (including phenoxy) is 1. The molecule has 1 heterocycles. The van der Waals surface area contributed by atoms with Gasteiger partial charge in [-0.05, 0) is 38.5 Å². The van der Waals surface area contributed by atoms with Gasteiger partial charge in [0, 0.05) is 23.5 Å². The lowest BCUT2D eigenvalue weighted by molar-refractivity contribution is -0.148. The molecule has 0 unspecified atom stereocenters. The Balaban J connectivity index is 2.26. The van der Waals surface area contributed by atoms with Gasteiger partial charge in [-0.1, -0.05) is 23.8 Å². The molecule has 0 spiro atoms. The van der Waals surface area contributed by atoms with E-state index >= 15 is 0 Å². The van der Waals surface area contributed by atoms with Crippen molar-refractivity contribution in [1.82, 2.24) is 10.3 Å². The highest BCUT2D eigenvalue weighted by atomic mass is 16.5. The third kappa shape index (κ3) is 4.64. The summed E-state index contributed by atoms with van der Waals surface area (Å²) in [4.78, 5) is 28.8. The zero-order chi connectivity index (χ0) is 18.4. The normalized spacial score (nSPS) is 13.0. The topological polar surface area (TPSA) is 88.5 Å². The number of hydrogen-bond acceptors (Lipinski definition) is 5. The van der Waals surface area contributed by atoms with Crippen LogP contribution in [0.1, 0.15) is 40.1 Å². The van der Waals surface area contributed by atoms with Crippen LogP contribution in [0.4, 0.5) is 0 Å². The van der Waals surface area contributed by atoms with Crippen LogP contribution in [0, 0.1) is 13.8 Å². The maximum absolute atomic E-state index is 12.6. The lowest BCUT2D eigenvalue weighted by Crippen LogP contribution is -2.46. The Labute approximate surface area is 146 Å². The number of esters is 1. The van der Waals surface area contributed by atoms with E-state index in [4.69, 9.17) is 4.74 Å². The lowest BCUT2D eigenvalue weighted by Gasteiger charge is -2.23. The fourth-order valence-corrected chi connectivity index (χ4v) is 2.53. The van der Waals surface area contributed by atoms with E-state index in [0.717, 1.165) is 11.1 Å². The minimum Gasteiger partial charge on any atom is -0.464 e.